The molecule has 0 heterocycles. The van der Waals surface area contributed by atoms with Gasteiger partial charge in [0, 0.05) is 16.6 Å². The number of amides is 2. The number of hydrogen-bond donors (Lipinski definition) is 3. The zero-order chi connectivity index (χ0) is 19.2. The van der Waals surface area contributed by atoms with E-state index in [0.29, 0.717) is 12.1 Å². The third kappa shape index (κ3) is 7.25. The summed E-state index contributed by atoms with van der Waals surface area (Å²) in [5, 5.41) is 14.5. The molecule has 1 aromatic rings. The van der Waals surface area contributed by atoms with Crippen LogP contribution in [-0.2, 0) is 9.59 Å². The quantitative estimate of drug-likeness (QED) is 0.599. The molecule has 0 radical (unpaired) electrons. The number of carbonyl (C=O) groups is 3. The van der Waals surface area contributed by atoms with Crippen molar-refractivity contribution in [2.45, 2.75) is 46.6 Å². The second-order valence-electron chi connectivity index (χ2n) is 7.12. The first-order chi connectivity index (χ1) is 11.5. The van der Waals surface area contributed by atoms with E-state index in [2.05, 4.69) is 26.6 Å². The molecule has 0 bridgehead atoms. The maximum absolute atomic E-state index is 12.5. The topological polar surface area (TPSA) is 95.5 Å². The number of rotatable bonds is 8. The van der Waals surface area contributed by atoms with Crippen LogP contribution in [0.5, 0.6) is 0 Å². The van der Waals surface area contributed by atoms with Crippen LogP contribution in [0, 0.1) is 11.3 Å². The predicted octanol–water partition coefficient (Wildman–Crippen LogP) is 4.06. The van der Waals surface area contributed by atoms with Crippen molar-refractivity contribution in [2.24, 2.45) is 11.3 Å². The van der Waals surface area contributed by atoms with E-state index >= 15 is 0 Å². The van der Waals surface area contributed by atoms with E-state index in [1.165, 1.54) is 13.8 Å². The number of carboxylic acids is 1. The molecule has 138 valence electrons. The fraction of sp³-hybridized carbons (Fsp3) is 0.500. The van der Waals surface area contributed by atoms with Crippen LogP contribution in [0.1, 0.15) is 40.5 Å². The Morgan fingerprint density at radius 1 is 1.16 bits per heavy atom. The number of aliphatic carboxylic acids is 1. The van der Waals surface area contributed by atoms with Crippen molar-refractivity contribution in [1.29, 1.82) is 0 Å². The Balaban J connectivity index is 2.77. The van der Waals surface area contributed by atoms with E-state index in [9.17, 15) is 19.5 Å². The van der Waals surface area contributed by atoms with Crippen molar-refractivity contribution in [3.63, 3.8) is 0 Å². The van der Waals surface area contributed by atoms with Crippen molar-refractivity contribution in [1.82, 2.24) is 5.32 Å². The van der Waals surface area contributed by atoms with Crippen LogP contribution in [0.25, 0.3) is 0 Å². The van der Waals surface area contributed by atoms with E-state index < -0.39 is 23.5 Å². The Bertz CT molecular complexity index is 626. The Hall–Kier alpha value is -1.89. The molecule has 0 spiro atoms. The predicted molar refractivity (Wildman–Crippen MR) is 101 cm³/mol. The second-order valence-corrected chi connectivity index (χ2v) is 8.04. The summed E-state index contributed by atoms with van der Waals surface area (Å²) in [5.41, 5.74) is -0.571. The number of carbonyl (C=O) groups excluding carboxylic acids is 2. The number of Topliss-reactive ketones (excluding diaryl/α,β-unsaturated/α-hetero) is 1. The van der Waals surface area contributed by atoms with Gasteiger partial charge in [-0.2, -0.15) is 0 Å². The molecular weight excluding hydrogens is 388 g/mol. The van der Waals surface area contributed by atoms with Crippen LogP contribution in [0.2, 0.25) is 0 Å². The Morgan fingerprint density at radius 3 is 2.20 bits per heavy atom. The standard InChI is InChI=1S/C18H25BrN2O4/c1-11(2)9-14(15(22)10-18(3,4)16(23)24)21-17(25)20-13-7-5-12(19)6-8-13/h5-8,11,14H,9-10H2,1-4H3,(H,23,24)(H2,20,21,25)/t14-/m1/s1. The Morgan fingerprint density at radius 2 is 1.72 bits per heavy atom. The lowest BCUT2D eigenvalue weighted by atomic mass is 9.84. The number of carboxylic acid groups (broad SMARTS) is 1. The van der Waals surface area contributed by atoms with Crippen molar-refractivity contribution >= 4 is 39.4 Å². The van der Waals surface area contributed by atoms with Crippen molar-refractivity contribution in [2.75, 3.05) is 5.32 Å². The number of nitrogens with one attached hydrogen (secondary N) is 2. The fourth-order valence-corrected chi connectivity index (χ4v) is 2.50. The summed E-state index contributed by atoms with van der Waals surface area (Å²) in [6, 6.07) is 5.83. The van der Waals surface area contributed by atoms with Gasteiger partial charge in [0.2, 0.25) is 0 Å². The van der Waals surface area contributed by atoms with E-state index in [4.69, 9.17) is 0 Å². The first kappa shape index (κ1) is 21.2. The van der Waals surface area contributed by atoms with Crippen LogP contribution in [-0.4, -0.2) is 28.9 Å². The summed E-state index contributed by atoms with van der Waals surface area (Å²) >= 11 is 3.32. The number of ketones is 1. The molecule has 0 unspecified atom stereocenters. The number of benzene rings is 1. The normalized spacial score (nSPS) is 12.6. The van der Waals surface area contributed by atoms with Gasteiger partial charge in [0.1, 0.15) is 0 Å². The zero-order valence-electron chi connectivity index (χ0n) is 14.9. The van der Waals surface area contributed by atoms with E-state index in [1.54, 1.807) is 24.3 Å². The van der Waals surface area contributed by atoms with Gasteiger partial charge in [-0.25, -0.2) is 4.79 Å². The molecule has 0 aliphatic carbocycles. The number of anilines is 1. The average Bonchev–Trinajstić information content (AvgIpc) is 2.47. The minimum absolute atomic E-state index is 0.141. The van der Waals surface area contributed by atoms with Crippen LogP contribution in [0.15, 0.2) is 28.7 Å². The van der Waals surface area contributed by atoms with Gasteiger partial charge in [-0.05, 0) is 50.5 Å². The van der Waals surface area contributed by atoms with Crippen molar-refractivity contribution < 1.29 is 19.5 Å². The van der Waals surface area contributed by atoms with E-state index in [0.717, 1.165) is 4.47 Å². The molecule has 2 amide bonds. The zero-order valence-corrected chi connectivity index (χ0v) is 16.5. The van der Waals surface area contributed by atoms with Gasteiger partial charge in [0.25, 0.3) is 0 Å². The maximum atomic E-state index is 12.5. The number of hydrogen-bond acceptors (Lipinski definition) is 3. The second kappa shape index (κ2) is 8.99. The molecule has 0 saturated carbocycles. The molecule has 7 heteroatoms. The molecule has 0 fully saturated rings. The van der Waals surface area contributed by atoms with Crippen LogP contribution < -0.4 is 10.6 Å². The van der Waals surface area contributed by atoms with Gasteiger partial charge >= 0.3 is 12.0 Å². The highest BCUT2D eigenvalue weighted by atomic mass is 79.9. The van der Waals surface area contributed by atoms with E-state index in [1.807, 2.05) is 13.8 Å². The summed E-state index contributed by atoms with van der Waals surface area (Å²) in [5.74, 6) is -1.15. The molecule has 0 aliphatic heterocycles. The fourth-order valence-electron chi connectivity index (χ4n) is 2.24. The first-order valence-corrected chi connectivity index (χ1v) is 8.89. The highest BCUT2D eigenvalue weighted by Crippen LogP contribution is 2.23. The number of urea groups is 1. The molecule has 0 aromatic heterocycles. The van der Waals surface area contributed by atoms with Crippen LogP contribution in [0.4, 0.5) is 10.5 Å². The van der Waals surface area contributed by atoms with Gasteiger partial charge in [-0.1, -0.05) is 29.8 Å². The molecule has 1 aromatic carbocycles. The molecule has 25 heavy (non-hydrogen) atoms. The molecule has 0 saturated heterocycles. The SMILES string of the molecule is CC(C)C[C@@H](NC(=O)Nc1ccc(Br)cc1)C(=O)CC(C)(C)C(=O)O. The lowest BCUT2D eigenvalue weighted by molar-refractivity contribution is -0.149. The summed E-state index contributed by atoms with van der Waals surface area (Å²) in [7, 11) is 0. The molecule has 3 N–H and O–H groups in total. The summed E-state index contributed by atoms with van der Waals surface area (Å²) in [6.07, 6.45) is 0.306. The first-order valence-electron chi connectivity index (χ1n) is 8.10. The van der Waals surface area contributed by atoms with Gasteiger partial charge in [-0.15, -0.1) is 0 Å². The van der Waals surface area contributed by atoms with Gasteiger partial charge in [0.05, 0.1) is 11.5 Å². The highest BCUT2D eigenvalue weighted by Gasteiger charge is 2.33. The summed E-state index contributed by atoms with van der Waals surface area (Å²) < 4.78 is 0.891. The minimum Gasteiger partial charge on any atom is -0.481 e. The third-order valence-corrected chi connectivity index (χ3v) is 4.23. The van der Waals surface area contributed by atoms with Gasteiger partial charge in [0.15, 0.2) is 5.78 Å². The van der Waals surface area contributed by atoms with Crippen molar-refractivity contribution in [3.05, 3.63) is 28.7 Å². The van der Waals surface area contributed by atoms with Crippen LogP contribution >= 0.6 is 15.9 Å². The molecule has 1 rings (SSSR count). The highest BCUT2D eigenvalue weighted by molar-refractivity contribution is 9.10. The molecule has 1 atom stereocenters. The number of halogens is 1. The van der Waals surface area contributed by atoms with Gasteiger partial charge in [-0.3, -0.25) is 9.59 Å². The Labute approximate surface area is 156 Å². The molecule has 6 nitrogen and oxygen atoms in total. The largest absolute Gasteiger partial charge is 0.481 e. The minimum atomic E-state index is -1.17. The molecule has 0 aliphatic rings. The van der Waals surface area contributed by atoms with Crippen molar-refractivity contribution in [3.8, 4) is 0 Å². The third-order valence-electron chi connectivity index (χ3n) is 3.70. The van der Waals surface area contributed by atoms with Gasteiger partial charge < -0.3 is 15.7 Å². The van der Waals surface area contributed by atoms with E-state index in [-0.39, 0.29) is 18.1 Å². The average molecular weight is 413 g/mol. The van der Waals surface area contributed by atoms with Crippen LogP contribution in [0.3, 0.4) is 0 Å². The smallest absolute Gasteiger partial charge is 0.319 e. The maximum Gasteiger partial charge on any atom is 0.319 e. The molecular formula is C18H25BrN2O4. The Kier molecular flexibility index (Phi) is 7.60. The monoisotopic (exact) mass is 412 g/mol. The lowest BCUT2D eigenvalue weighted by Crippen LogP contribution is -2.45. The summed E-state index contributed by atoms with van der Waals surface area (Å²) in [6.45, 7) is 6.89. The summed E-state index contributed by atoms with van der Waals surface area (Å²) in [4.78, 5) is 35.9. The lowest BCUT2D eigenvalue weighted by Gasteiger charge is -2.24.